The molecule has 3 N–H and O–H groups in total. The van der Waals surface area contributed by atoms with Crippen molar-refractivity contribution >= 4 is 0 Å². The fourth-order valence-electron chi connectivity index (χ4n) is 2.23. The lowest BCUT2D eigenvalue weighted by molar-refractivity contribution is -0.137. The molecule has 2 rings (SSSR count). The normalized spacial score (nSPS) is 13.2. The molecule has 0 bridgehead atoms. The van der Waals surface area contributed by atoms with E-state index < -0.39 is 11.7 Å². The number of alkyl halides is 3. The summed E-state index contributed by atoms with van der Waals surface area (Å²) < 4.78 is 38.0. The highest BCUT2D eigenvalue weighted by atomic mass is 19.4. The summed E-state index contributed by atoms with van der Waals surface area (Å²) in [5.41, 5.74) is 4.09. The molecule has 2 aromatic rings. The number of halogens is 3. The van der Waals surface area contributed by atoms with Crippen molar-refractivity contribution in [2.75, 3.05) is 0 Å². The molecule has 6 heteroatoms. The van der Waals surface area contributed by atoms with E-state index in [1.165, 1.54) is 6.07 Å². The highest BCUT2D eigenvalue weighted by molar-refractivity contribution is 5.35. The zero-order valence-corrected chi connectivity index (χ0v) is 11.5. The molecule has 1 aromatic carbocycles. The van der Waals surface area contributed by atoms with Crippen molar-refractivity contribution in [2.24, 2.45) is 5.84 Å². The van der Waals surface area contributed by atoms with Crippen molar-refractivity contribution in [1.82, 2.24) is 10.4 Å². The highest BCUT2D eigenvalue weighted by Crippen LogP contribution is 2.32. The van der Waals surface area contributed by atoms with Crippen LogP contribution in [-0.2, 0) is 12.6 Å². The van der Waals surface area contributed by atoms with Gasteiger partial charge >= 0.3 is 6.18 Å². The third kappa shape index (κ3) is 3.80. The van der Waals surface area contributed by atoms with Gasteiger partial charge in [0.15, 0.2) is 0 Å². The van der Waals surface area contributed by atoms with E-state index >= 15 is 0 Å². The maximum absolute atomic E-state index is 12.7. The number of nitrogens with one attached hydrogen (secondary N) is 1. The van der Waals surface area contributed by atoms with Crippen LogP contribution in [0.2, 0.25) is 0 Å². The first kappa shape index (κ1) is 15.5. The Morgan fingerprint density at radius 1 is 1.24 bits per heavy atom. The summed E-state index contributed by atoms with van der Waals surface area (Å²) in [5, 5.41) is 0. The Kier molecular flexibility index (Phi) is 4.59. The molecule has 0 radical (unpaired) electrons. The SMILES string of the molecule is Cc1cc(C(F)(F)F)ccc1C(Cc1ccccn1)NN. The van der Waals surface area contributed by atoms with Crippen molar-refractivity contribution in [3.05, 3.63) is 65.0 Å². The Hall–Kier alpha value is -1.92. The molecule has 3 nitrogen and oxygen atoms in total. The van der Waals surface area contributed by atoms with Gasteiger partial charge in [0.2, 0.25) is 0 Å². The average molecular weight is 295 g/mol. The average Bonchev–Trinajstić information content (AvgIpc) is 2.45. The van der Waals surface area contributed by atoms with Gasteiger partial charge < -0.3 is 0 Å². The fourth-order valence-corrected chi connectivity index (χ4v) is 2.23. The second-order valence-electron chi connectivity index (χ2n) is 4.81. The lowest BCUT2D eigenvalue weighted by Crippen LogP contribution is -2.30. The van der Waals surface area contributed by atoms with E-state index in [0.717, 1.165) is 23.4 Å². The van der Waals surface area contributed by atoms with Crippen LogP contribution in [-0.4, -0.2) is 4.98 Å². The quantitative estimate of drug-likeness (QED) is 0.673. The number of aromatic nitrogens is 1. The summed E-state index contributed by atoms with van der Waals surface area (Å²) in [6, 6.07) is 8.90. The first-order valence-electron chi connectivity index (χ1n) is 6.45. The molecule has 0 amide bonds. The summed E-state index contributed by atoms with van der Waals surface area (Å²) in [6.07, 6.45) is -2.16. The summed E-state index contributed by atoms with van der Waals surface area (Å²) in [4.78, 5) is 4.20. The molecule has 112 valence electrons. The second kappa shape index (κ2) is 6.24. The van der Waals surface area contributed by atoms with Gasteiger partial charge in [0.1, 0.15) is 0 Å². The fraction of sp³-hybridized carbons (Fsp3) is 0.267. The van der Waals surface area contributed by atoms with Gasteiger partial charge in [-0.25, -0.2) is 0 Å². The maximum Gasteiger partial charge on any atom is 0.416 e. The molecule has 1 heterocycles. The first-order chi connectivity index (χ1) is 9.91. The molecule has 0 aliphatic heterocycles. The molecule has 1 unspecified atom stereocenters. The minimum atomic E-state index is -4.34. The van der Waals surface area contributed by atoms with Crippen molar-refractivity contribution < 1.29 is 13.2 Å². The van der Waals surface area contributed by atoms with Crippen molar-refractivity contribution in [3.63, 3.8) is 0 Å². The van der Waals surface area contributed by atoms with Crippen LogP contribution in [0, 0.1) is 6.92 Å². The number of aryl methyl sites for hydroxylation is 1. The van der Waals surface area contributed by atoms with Crippen molar-refractivity contribution in [3.8, 4) is 0 Å². The number of rotatable bonds is 4. The molecule has 21 heavy (non-hydrogen) atoms. The summed E-state index contributed by atoms with van der Waals surface area (Å²) in [7, 11) is 0. The third-order valence-electron chi connectivity index (χ3n) is 3.31. The van der Waals surface area contributed by atoms with E-state index in [-0.39, 0.29) is 6.04 Å². The summed E-state index contributed by atoms with van der Waals surface area (Å²) >= 11 is 0. The van der Waals surface area contributed by atoms with Crippen LogP contribution in [0.25, 0.3) is 0 Å². The molecule has 1 aromatic heterocycles. The smallest absolute Gasteiger partial charge is 0.271 e. The minimum absolute atomic E-state index is 0.290. The Bertz CT molecular complexity index is 597. The topological polar surface area (TPSA) is 50.9 Å². The molecule has 0 aliphatic rings. The van der Waals surface area contributed by atoms with Crippen molar-refractivity contribution in [2.45, 2.75) is 25.6 Å². The molecule has 1 atom stereocenters. The number of nitrogens with two attached hydrogens (primary N) is 1. The van der Waals surface area contributed by atoms with Gasteiger partial charge in [0, 0.05) is 18.3 Å². The van der Waals surface area contributed by atoms with Crippen LogP contribution in [0.5, 0.6) is 0 Å². The van der Waals surface area contributed by atoms with E-state index in [1.54, 1.807) is 19.2 Å². The van der Waals surface area contributed by atoms with Crippen LogP contribution in [0.4, 0.5) is 13.2 Å². The van der Waals surface area contributed by atoms with E-state index in [1.807, 2.05) is 12.1 Å². The zero-order valence-electron chi connectivity index (χ0n) is 11.5. The number of nitrogens with zero attached hydrogens (tertiary/aromatic N) is 1. The molecule has 0 spiro atoms. The number of hydrazine groups is 1. The van der Waals surface area contributed by atoms with E-state index in [0.29, 0.717) is 12.0 Å². The number of hydrogen-bond acceptors (Lipinski definition) is 3. The first-order valence-corrected chi connectivity index (χ1v) is 6.45. The second-order valence-corrected chi connectivity index (χ2v) is 4.81. The number of pyridine rings is 1. The predicted octanol–water partition coefficient (Wildman–Crippen LogP) is 3.16. The van der Waals surface area contributed by atoms with Gasteiger partial charge in [-0.05, 0) is 42.3 Å². The van der Waals surface area contributed by atoms with Crippen molar-refractivity contribution in [1.29, 1.82) is 0 Å². The van der Waals surface area contributed by atoms with Crippen LogP contribution in [0.3, 0.4) is 0 Å². The van der Waals surface area contributed by atoms with Gasteiger partial charge in [-0.3, -0.25) is 16.3 Å². The van der Waals surface area contributed by atoms with Gasteiger partial charge in [-0.1, -0.05) is 12.1 Å². The summed E-state index contributed by atoms with van der Waals surface area (Å²) in [5.74, 6) is 5.55. The van der Waals surface area contributed by atoms with Gasteiger partial charge in [0.05, 0.1) is 11.6 Å². The van der Waals surface area contributed by atoms with E-state index in [9.17, 15) is 13.2 Å². The van der Waals surface area contributed by atoms with E-state index in [4.69, 9.17) is 5.84 Å². The van der Waals surface area contributed by atoms with Crippen LogP contribution >= 0.6 is 0 Å². The predicted molar refractivity (Wildman–Crippen MR) is 74.2 cm³/mol. The van der Waals surface area contributed by atoms with Crippen LogP contribution in [0.15, 0.2) is 42.6 Å². The number of benzene rings is 1. The lowest BCUT2D eigenvalue weighted by Gasteiger charge is -2.19. The minimum Gasteiger partial charge on any atom is -0.271 e. The Balaban J connectivity index is 2.26. The van der Waals surface area contributed by atoms with Gasteiger partial charge in [0.25, 0.3) is 0 Å². The monoisotopic (exact) mass is 295 g/mol. The Labute approximate surface area is 121 Å². The molecular weight excluding hydrogens is 279 g/mol. The molecular formula is C15H16F3N3. The highest BCUT2D eigenvalue weighted by Gasteiger charge is 2.31. The summed E-state index contributed by atoms with van der Waals surface area (Å²) in [6.45, 7) is 1.65. The third-order valence-corrected chi connectivity index (χ3v) is 3.31. The van der Waals surface area contributed by atoms with E-state index in [2.05, 4.69) is 10.4 Å². The maximum atomic E-state index is 12.7. The molecule has 0 saturated heterocycles. The Morgan fingerprint density at radius 2 is 2.00 bits per heavy atom. The standard InChI is InChI=1S/C15H16F3N3/c1-10-8-11(15(16,17)18)5-6-13(10)14(21-19)9-12-4-2-3-7-20-12/h2-8,14,21H,9,19H2,1H3. The number of hydrogen-bond donors (Lipinski definition) is 2. The van der Waals surface area contributed by atoms with Gasteiger partial charge in [-0.15, -0.1) is 0 Å². The van der Waals surface area contributed by atoms with Crippen LogP contribution in [0.1, 0.15) is 28.4 Å². The van der Waals surface area contributed by atoms with Gasteiger partial charge in [-0.2, -0.15) is 13.2 Å². The largest absolute Gasteiger partial charge is 0.416 e. The Morgan fingerprint density at radius 3 is 2.52 bits per heavy atom. The molecule has 0 aliphatic carbocycles. The molecule has 0 saturated carbocycles. The lowest BCUT2D eigenvalue weighted by atomic mass is 9.96. The molecule has 0 fully saturated rings. The van der Waals surface area contributed by atoms with Crippen LogP contribution < -0.4 is 11.3 Å². The zero-order chi connectivity index (χ0) is 15.5.